The van der Waals surface area contributed by atoms with Crippen LogP contribution in [-0.4, -0.2) is 16.6 Å². The summed E-state index contributed by atoms with van der Waals surface area (Å²) in [5.74, 6) is 1.73. The SMILES string of the molecule is CCC(C)CC(C)n1ccnc1NC. The van der Waals surface area contributed by atoms with Crippen molar-refractivity contribution < 1.29 is 0 Å². The average molecular weight is 195 g/mol. The minimum Gasteiger partial charge on any atom is -0.359 e. The number of nitrogens with zero attached hydrogens (tertiary/aromatic N) is 2. The predicted octanol–water partition coefficient (Wildman–Crippen LogP) is 2.92. The molecule has 1 aromatic heterocycles. The van der Waals surface area contributed by atoms with Gasteiger partial charge in [0, 0.05) is 25.5 Å². The van der Waals surface area contributed by atoms with E-state index in [1.54, 1.807) is 0 Å². The van der Waals surface area contributed by atoms with Gasteiger partial charge in [0.05, 0.1) is 0 Å². The molecule has 2 atom stereocenters. The van der Waals surface area contributed by atoms with Gasteiger partial charge in [0.2, 0.25) is 5.95 Å². The molecule has 3 heteroatoms. The van der Waals surface area contributed by atoms with Gasteiger partial charge in [0.15, 0.2) is 0 Å². The number of imidazole rings is 1. The molecule has 1 N–H and O–H groups in total. The number of hydrogen-bond acceptors (Lipinski definition) is 2. The highest BCUT2D eigenvalue weighted by molar-refractivity contribution is 5.24. The first kappa shape index (κ1) is 11.1. The third kappa shape index (κ3) is 2.50. The van der Waals surface area contributed by atoms with Crippen LogP contribution in [0.4, 0.5) is 5.95 Å². The van der Waals surface area contributed by atoms with Crippen molar-refractivity contribution in [3.8, 4) is 0 Å². The molecule has 0 radical (unpaired) electrons. The Morgan fingerprint density at radius 3 is 2.79 bits per heavy atom. The van der Waals surface area contributed by atoms with Crippen molar-refractivity contribution in [2.24, 2.45) is 5.92 Å². The third-order valence-corrected chi connectivity index (χ3v) is 2.81. The molecule has 0 aromatic carbocycles. The molecule has 80 valence electrons. The largest absolute Gasteiger partial charge is 0.359 e. The van der Waals surface area contributed by atoms with Gasteiger partial charge in [-0.05, 0) is 19.3 Å². The quantitative estimate of drug-likeness (QED) is 0.783. The van der Waals surface area contributed by atoms with Gasteiger partial charge in [0.25, 0.3) is 0 Å². The van der Waals surface area contributed by atoms with Gasteiger partial charge in [-0.3, -0.25) is 0 Å². The van der Waals surface area contributed by atoms with E-state index < -0.39 is 0 Å². The van der Waals surface area contributed by atoms with Crippen LogP contribution in [0.5, 0.6) is 0 Å². The molecule has 0 amide bonds. The molecular weight excluding hydrogens is 174 g/mol. The molecule has 14 heavy (non-hydrogen) atoms. The van der Waals surface area contributed by atoms with Crippen LogP contribution >= 0.6 is 0 Å². The van der Waals surface area contributed by atoms with Crippen LogP contribution in [-0.2, 0) is 0 Å². The predicted molar refractivity (Wildman–Crippen MR) is 60.6 cm³/mol. The van der Waals surface area contributed by atoms with Crippen LogP contribution in [0, 0.1) is 5.92 Å². The van der Waals surface area contributed by atoms with Crippen molar-refractivity contribution in [3.05, 3.63) is 12.4 Å². The van der Waals surface area contributed by atoms with Gasteiger partial charge in [-0.15, -0.1) is 0 Å². The zero-order valence-electron chi connectivity index (χ0n) is 9.62. The summed E-state index contributed by atoms with van der Waals surface area (Å²) < 4.78 is 2.20. The van der Waals surface area contributed by atoms with Gasteiger partial charge in [-0.1, -0.05) is 20.3 Å². The lowest BCUT2D eigenvalue weighted by Gasteiger charge is -2.19. The Bertz CT molecular complexity index is 267. The molecule has 2 unspecified atom stereocenters. The van der Waals surface area contributed by atoms with Crippen molar-refractivity contribution in [1.29, 1.82) is 0 Å². The Labute approximate surface area is 86.5 Å². The van der Waals surface area contributed by atoms with Crippen molar-refractivity contribution in [2.75, 3.05) is 12.4 Å². The highest BCUT2D eigenvalue weighted by Gasteiger charge is 2.11. The zero-order chi connectivity index (χ0) is 10.6. The number of nitrogens with one attached hydrogen (secondary N) is 1. The van der Waals surface area contributed by atoms with E-state index in [0.29, 0.717) is 6.04 Å². The fraction of sp³-hybridized carbons (Fsp3) is 0.727. The lowest BCUT2D eigenvalue weighted by Crippen LogP contribution is -2.11. The molecular formula is C11H21N3. The lowest BCUT2D eigenvalue weighted by atomic mass is 10.0. The standard InChI is InChI=1S/C11H21N3/c1-5-9(2)8-10(3)14-7-6-13-11(14)12-4/h6-7,9-10H,5,8H2,1-4H3,(H,12,13). The number of hydrogen-bond donors (Lipinski definition) is 1. The van der Waals surface area contributed by atoms with Crippen LogP contribution < -0.4 is 5.32 Å². The number of rotatable bonds is 5. The number of anilines is 1. The van der Waals surface area contributed by atoms with Crippen LogP contribution in [0.3, 0.4) is 0 Å². The smallest absolute Gasteiger partial charge is 0.202 e. The molecule has 0 aliphatic heterocycles. The van der Waals surface area contributed by atoms with Crippen LogP contribution in [0.25, 0.3) is 0 Å². The van der Waals surface area contributed by atoms with Gasteiger partial charge in [0.1, 0.15) is 0 Å². The molecule has 0 spiro atoms. The van der Waals surface area contributed by atoms with Crippen LogP contribution in [0.1, 0.15) is 39.7 Å². The molecule has 1 heterocycles. The van der Waals surface area contributed by atoms with E-state index in [9.17, 15) is 0 Å². The van der Waals surface area contributed by atoms with Gasteiger partial charge >= 0.3 is 0 Å². The first-order valence-electron chi connectivity index (χ1n) is 5.39. The van der Waals surface area contributed by atoms with E-state index in [2.05, 4.69) is 35.6 Å². The monoisotopic (exact) mass is 195 g/mol. The molecule has 3 nitrogen and oxygen atoms in total. The lowest BCUT2D eigenvalue weighted by molar-refractivity contribution is 0.401. The maximum atomic E-state index is 4.24. The number of aromatic nitrogens is 2. The molecule has 0 aliphatic carbocycles. The third-order valence-electron chi connectivity index (χ3n) is 2.81. The second-order valence-corrected chi connectivity index (χ2v) is 4.01. The maximum Gasteiger partial charge on any atom is 0.202 e. The summed E-state index contributed by atoms with van der Waals surface area (Å²) >= 11 is 0. The summed E-state index contributed by atoms with van der Waals surface area (Å²) in [6.45, 7) is 6.78. The fourth-order valence-corrected chi connectivity index (χ4v) is 1.72. The summed E-state index contributed by atoms with van der Waals surface area (Å²) in [5.41, 5.74) is 0. The minimum atomic E-state index is 0.523. The second-order valence-electron chi connectivity index (χ2n) is 4.01. The molecule has 0 fully saturated rings. The van der Waals surface area contributed by atoms with E-state index in [1.165, 1.54) is 12.8 Å². The van der Waals surface area contributed by atoms with E-state index >= 15 is 0 Å². The summed E-state index contributed by atoms with van der Waals surface area (Å²) in [6.07, 6.45) is 6.34. The topological polar surface area (TPSA) is 29.9 Å². The molecule has 0 saturated heterocycles. The Hall–Kier alpha value is -0.990. The van der Waals surface area contributed by atoms with E-state index in [0.717, 1.165) is 11.9 Å². The van der Waals surface area contributed by atoms with Gasteiger partial charge in [-0.2, -0.15) is 0 Å². The van der Waals surface area contributed by atoms with Gasteiger partial charge < -0.3 is 9.88 Å². The van der Waals surface area contributed by atoms with E-state index in [-0.39, 0.29) is 0 Å². The Morgan fingerprint density at radius 2 is 2.21 bits per heavy atom. The van der Waals surface area contributed by atoms with Crippen molar-refractivity contribution in [1.82, 2.24) is 9.55 Å². The molecule has 1 rings (SSSR count). The molecule has 0 saturated carbocycles. The van der Waals surface area contributed by atoms with Gasteiger partial charge in [-0.25, -0.2) is 4.98 Å². The molecule has 0 bridgehead atoms. The summed E-state index contributed by atoms with van der Waals surface area (Å²) in [7, 11) is 1.91. The first-order valence-corrected chi connectivity index (χ1v) is 5.39. The molecule has 0 aliphatic rings. The summed E-state index contributed by atoms with van der Waals surface area (Å²) in [5, 5.41) is 3.10. The van der Waals surface area contributed by atoms with Crippen molar-refractivity contribution in [3.63, 3.8) is 0 Å². The normalized spacial score (nSPS) is 15.1. The maximum absolute atomic E-state index is 4.24. The Kier molecular flexibility index (Phi) is 3.98. The summed E-state index contributed by atoms with van der Waals surface area (Å²) in [6, 6.07) is 0.523. The second kappa shape index (κ2) is 5.03. The Balaban J connectivity index is 2.64. The van der Waals surface area contributed by atoms with E-state index in [4.69, 9.17) is 0 Å². The minimum absolute atomic E-state index is 0.523. The van der Waals surface area contributed by atoms with Crippen LogP contribution in [0.2, 0.25) is 0 Å². The molecule has 1 aromatic rings. The average Bonchev–Trinajstić information content (AvgIpc) is 2.65. The van der Waals surface area contributed by atoms with Crippen LogP contribution in [0.15, 0.2) is 12.4 Å². The first-order chi connectivity index (χ1) is 6.69. The van der Waals surface area contributed by atoms with E-state index in [1.807, 2.05) is 19.4 Å². The Morgan fingerprint density at radius 1 is 1.50 bits per heavy atom. The van der Waals surface area contributed by atoms with Crippen molar-refractivity contribution in [2.45, 2.75) is 39.7 Å². The summed E-state index contributed by atoms with van der Waals surface area (Å²) in [4.78, 5) is 4.24. The zero-order valence-corrected chi connectivity index (χ0v) is 9.62. The highest BCUT2D eigenvalue weighted by atomic mass is 15.2. The van der Waals surface area contributed by atoms with Crippen molar-refractivity contribution >= 4 is 5.95 Å². The fourth-order valence-electron chi connectivity index (χ4n) is 1.72. The highest BCUT2D eigenvalue weighted by Crippen LogP contribution is 2.22.